The molecule has 0 aliphatic heterocycles. The zero-order valence-electron chi connectivity index (χ0n) is 12.3. The summed E-state index contributed by atoms with van der Waals surface area (Å²) in [6.07, 6.45) is 2.58. The molecule has 5 nitrogen and oxygen atoms in total. The van der Waals surface area contributed by atoms with Crippen LogP contribution in [0.4, 0.5) is 5.82 Å². The number of aromatic nitrogens is 4. The van der Waals surface area contributed by atoms with Crippen LogP contribution in [0.5, 0.6) is 0 Å². The van der Waals surface area contributed by atoms with Crippen LogP contribution in [0.3, 0.4) is 0 Å². The molecule has 1 atom stereocenters. The maximum Gasteiger partial charge on any atom is 0.254 e. The van der Waals surface area contributed by atoms with Crippen molar-refractivity contribution >= 4 is 11.6 Å². The Morgan fingerprint density at radius 3 is 2.86 bits per heavy atom. The molecule has 1 N–H and O–H groups in total. The maximum absolute atomic E-state index is 4.34. The van der Waals surface area contributed by atoms with E-state index in [1.54, 1.807) is 4.52 Å². The second-order valence-corrected chi connectivity index (χ2v) is 5.28. The van der Waals surface area contributed by atoms with E-state index in [0.717, 1.165) is 24.5 Å². The van der Waals surface area contributed by atoms with Gasteiger partial charge >= 0.3 is 0 Å². The first-order chi connectivity index (χ1) is 10.2. The quantitative estimate of drug-likeness (QED) is 0.781. The number of aryl methyl sites for hydroxylation is 1. The molecule has 108 valence electrons. The van der Waals surface area contributed by atoms with Crippen molar-refractivity contribution in [3.05, 3.63) is 54.0 Å². The van der Waals surface area contributed by atoms with Crippen molar-refractivity contribution in [3.8, 4) is 0 Å². The minimum atomic E-state index is 0.521. The van der Waals surface area contributed by atoms with Crippen molar-refractivity contribution in [1.29, 1.82) is 0 Å². The minimum Gasteiger partial charge on any atom is -0.370 e. The summed E-state index contributed by atoms with van der Waals surface area (Å²) in [5.74, 6) is 2.09. The van der Waals surface area contributed by atoms with Crippen LogP contribution in [0.25, 0.3) is 5.78 Å². The average molecular weight is 281 g/mol. The number of nitrogens with one attached hydrogen (secondary N) is 1. The first kappa shape index (κ1) is 13.5. The smallest absolute Gasteiger partial charge is 0.254 e. The molecule has 1 unspecified atom stereocenters. The second kappa shape index (κ2) is 5.91. The molecule has 1 aromatic carbocycles. The lowest BCUT2D eigenvalue weighted by molar-refractivity contribution is 0.702. The van der Waals surface area contributed by atoms with Crippen LogP contribution in [-0.4, -0.2) is 26.1 Å². The molecule has 3 aromatic rings. The second-order valence-electron chi connectivity index (χ2n) is 5.28. The zero-order chi connectivity index (χ0) is 14.7. The van der Waals surface area contributed by atoms with E-state index in [4.69, 9.17) is 0 Å². The molecule has 0 aliphatic carbocycles. The fourth-order valence-electron chi connectivity index (χ4n) is 2.42. The molecule has 21 heavy (non-hydrogen) atoms. The molecular weight excluding hydrogens is 262 g/mol. The predicted octanol–water partition coefficient (Wildman–Crippen LogP) is 3.04. The van der Waals surface area contributed by atoms with Crippen LogP contribution in [0.1, 0.15) is 30.5 Å². The number of nitrogens with zero attached hydrogens (tertiary/aromatic N) is 4. The van der Waals surface area contributed by atoms with Gasteiger partial charge in [-0.3, -0.25) is 0 Å². The van der Waals surface area contributed by atoms with Crippen molar-refractivity contribution < 1.29 is 0 Å². The number of rotatable bonds is 5. The van der Waals surface area contributed by atoms with E-state index in [-0.39, 0.29) is 0 Å². The number of benzene rings is 1. The first-order valence-electron chi connectivity index (χ1n) is 7.20. The summed E-state index contributed by atoms with van der Waals surface area (Å²) in [7, 11) is 0. The van der Waals surface area contributed by atoms with Crippen molar-refractivity contribution in [2.45, 2.75) is 26.2 Å². The highest BCUT2D eigenvalue weighted by molar-refractivity contribution is 5.44. The summed E-state index contributed by atoms with van der Waals surface area (Å²) in [6.45, 7) is 5.10. The molecule has 0 saturated heterocycles. The number of anilines is 1. The van der Waals surface area contributed by atoms with Gasteiger partial charge in [0, 0.05) is 18.3 Å². The number of hydrogen-bond acceptors (Lipinski definition) is 4. The third-order valence-corrected chi connectivity index (χ3v) is 3.63. The largest absolute Gasteiger partial charge is 0.370 e. The molecule has 0 saturated carbocycles. The van der Waals surface area contributed by atoms with Crippen molar-refractivity contribution in [3.63, 3.8) is 0 Å². The van der Waals surface area contributed by atoms with Gasteiger partial charge in [0.05, 0.1) is 0 Å². The lowest BCUT2D eigenvalue weighted by atomic mass is 9.98. The standard InChI is InChI=1S/C16H19N5/c1-12(14-6-4-3-5-7-14)8-9-17-15-10-13(2)20-16-18-11-19-21(15)16/h3-7,10-12,17H,8-9H2,1-2H3. The third kappa shape index (κ3) is 3.02. The van der Waals surface area contributed by atoms with Gasteiger partial charge in [0.15, 0.2) is 0 Å². The summed E-state index contributed by atoms with van der Waals surface area (Å²) in [6, 6.07) is 12.6. The fourth-order valence-corrected chi connectivity index (χ4v) is 2.42. The van der Waals surface area contributed by atoms with Crippen molar-refractivity contribution in [2.75, 3.05) is 11.9 Å². The maximum atomic E-state index is 4.34. The van der Waals surface area contributed by atoms with E-state index in [1.165, 1.54) is 11.9 Å². The van der Waals surface area contributed by atoms with Gasteiger partial charge in [-0.1, -0.05) is 37.3 Å². The van der Waals surface area contributed by atoms with E-state index < -0.39 is 0 Å². The molecule has 0 radical (unpaired) electrons. The van der Waals surface area contributed by atoms with Crippen LogP contribution in [-0.2, 0) is 0 Å². The van der Waals surface area contributed by atoms with Crippen LogP contribution in [0.15, 0.2) is 42.7 Å². The molecule has 0 spiro atoms. The van der Waals surface area contributed by atoms with Gasteiger partial charge in [-0.2, -0.15) is 14.6 Å². The molecule has 2 heterocycles. The lowest BCUT2D eigenvalue weighted by Gasteiger charge is -2.13. The Morgan fingerprint density at radius 2 is 2.05 bits per heavy atom. The molecule has 0 amide bonds. The summed E-state index contributed by atoms with van der Waals surface area (Å²) in [5, 5.41) is 7.63. The van der Waals surface area contributed by atoms with Gasteiger partial charge in [0.1, 0.15) is 12.1 Å². The Hall–Kier alpha value is -2.43. The number of fused-ring (bicyclic) bond motifs is 1. The Labute approximate surface area is 124 Å². The van der Waals surface area contributed by atoms with Crippen LogP contribution < -0.4 is 5.32 Å². The zero-order valence-corrected chi connectivity index (χ0v) is 12.3. The number of hydrogen-bond donors (Lipinski definition) is 1. The lowest BCUT2D eigenvalue weighted by Crippen LogP contribution is -2.10. The van der Waals surface area contributed by atoms with Crippen LogP contribution in [0.2, 0.25) is 0 Å². The van der Waals surface area contributed by atoms with Gasteiger partial charge in [-0.05, 0) is 24.8 Å². The fraction of sp³-hybridized carbons (Fsp3) is 0.312. The highest BCUT2D eigenvalue weighted by Gasteiger charge is 2.07. The van der Waals surface area contributed by atoms with Crippen LogP contribution in [0, 0.1) is 6.92 Å². The third-order valence-electron chi connectivity index (χ3n) is 3.63. The molecular formula is C16H19N5. The predicted molar refractivity (Wildman–Crippen MR) is 83.5 cm³/mol. The molecule has 0 fully saturated rings. The van der Waals surface area contributed by atoms with E-state index in [2.05, 4.69) is 57.6 Å². The van der Waals surface area contributed by atoms with Gasteiger partial charge in [-0.25, -0.2) is 4.98 Å². The Balaban J connectivity index is 1.66. The molecule has 0 bridgehead atoms. The first-order valence-corrected chi connectivity index (χ1v) is 7.20. The van der Waals surface area contributed by atoms with Crippen molar-refractivity contribution in [2.24, 2.45) is 0 Å². The highest BCUT2D eigenvalue weighted by atomic mass is 15.3. The van der Waals surface area contributed by atoms with E-state index >= 15 is 0 Å². The van der Waals surface area contributed by atoms with Crippen LogP contribution >= 0.6 is 0 Å². The normalized spacial score (nSPS) is 12.5. The Bertz CT molecular complexity index is 720. The summed E-state index contributed by atoms with van der Waals surface area (Å²) >= 11 is 0. The van der Waals surface area contributed by atoms with E-state index in [1.807, 2.05) is 13.0 Å². The highest BCUT2D eigenvalue weighted by Crippen LogP contribution is 2.18. The van der Waals surface area contributed by atoms with E-state index in [0.29, 0.717) is 11.7 Å². The minimum absolute atomic E-state index is 0.521. The van der Waals surface area contributed by atoms with Crippen molar-refractivity contribution in [1.82, 2.24) is 19.6 Å². The van der Waals surface area contributed by atoms with Gasteiger partial charge < -0.3 is 5.32 Å². The SMILES string of the molecule is Cc1cc(NCCC(C)c2ccccc2)n2ncnc2n1. The molecule has 3 rings (SSSR count). The van der Waals surface area contributed by atoms with Gasteiger partial charge in [0.2, 0.25) is 0 Å². The topological polar surface area (TPSA) is 55.1 Å². The molecule has 0 aliphatic rings. The average Bonchev–Trinajstić information content (AvgIpc) is 2.96. The van der Waals surface area contributed by atoms with E-state index in [9.17, 15) is 0 Å². The summed E-state index contributed by atoms with van der Waals surface area (Å²) < 4.78 is 1.74. The summed E-state index contributed by atoms with van der Waals surface area (Å²) in [5.41, 5.74) is 2.31. The van der Waals surface area contributed by atoms with Gasteiger partial charge in [-0.15, -0.1) is 0 Å². The Morgan fingerprint density at radius 1 is 1.24 bits per heavy atom. The monoisotopic (exact) mass is 281 g/mol. The molecule has 5 heteroatoms. The van der Waals surface area contributed by atoms with Gasteiger partial charge in [0.25, 0.3) is 5.78 Å². The Kier molecular flexibility index (Phi) is 3.81. The summed E-state index contributed by atoms with van der Waals surface area (Å²) in [4.78, 5) is 8.47. The molecule has 2 aromatic heterocycles.